The van der Waals surface area contributed by atoms with E-state index in [1.165, 1.54) is 45.6 Å². The molecule has 4 fully saturated rings. The van der Waals surface area contributed by atoms with E-state index >= 15 is 0 Å². The van der Waals surface area contributed by atoms with Gasteiger partial charge in [0.15, 0.2) is 6.61 Å². The zero-order chi connectivity index (χ0) is 15.7. The van der Waals surface area contributed by atoms with Crippen molar-refractivity contribution in [1.29, 1.82) is 0 Å². The number of nitrogens with one attached hydrogen (secondary N) is 1. The first-order valence-electron chi connectivity index (χ1n) is 8.44. The molecule has 0 aromatic carbocycles. The standard InChI is InChI=1S/C17H27NO4/c1-11(18-15(19)9-22-16(20)10-21-2)17-6-12-3-13(7-17)5-14(4-12)8-17/h11-14H,3-10H2,1-2H3,(H,18,19)/t11-,12?,13?,14?,17?/m1/s1. The highest BCUT2D eigenvalue weighted by atomic mass is 16.6. The monoisotopic (exact) mass is 309 g/mol. The average Bonchev–Trinajstić information content (AvgIpc) is 2.44. The molecule has 0 radical (unpaired) electrons. The molecule has 1 atom stereocenters. The Bertz CT molecular complexity index is 413. The van der Waals surface area contributed by atoms with Crippen LogP contribution in [0, 0.1) is 23.2 Å². The van der Waals surface area contributed by atoms with Crippen molar-refractivity contribution in [3.63, 3.8) is 0 Å². The highest BCUT2D eigenvalue weighted by Gasteiger charge is 2.53. The molecule has 0 unspecified atom stereocenters. The molecule has 4 aliphatic carbocycles. The summed E-state index contributed by atoms with van der Waals surface area (Å²) in [5.74, 6) is 1.90. The first-order chi connectivity index (χ1) is 10.5. The molecular formula is C17H27NO4. The number of hydrogen-bond acceptors (Lipinski definition) is 4. The molecule has 5 nitrogen and oxygen atoms in total. The Morgan fingerprint density at radius 1 is 1.09 bits per heavy atom. The zero-order valence-corrected chi connectivity index (χ0v) is 13.6. The summed E-state index contributed by atoms with van der Waals surface area (Å²) in [7, 11) is 1.43. The van der Waals surface area contributed by atoms with Crippen LogP contribution >= 0.6 is 0 Å². The number of amides is 1. The number of carbonyl (C=O) groups excluding carboxylic acids is 2. The highest BCUT2D eigenvalue weighted by molar-refractivity contribution is 5.81. The zero-order valence-electron chi connectivity index (χ0n) is 13.6. The van der Waals surface area contributed by atoms with Crippen molar-refractivity contribution in [2.75, 3.05) is 20.3 Å². The van der Waals surface area contributed by atoms with E-state index in [0.717, 1.165) is 17.8 Å². The fourth-order valence-corrected chi connectivity index (χ4v) is 5.45. The topological polar surface area (TPSA) is 64.6 Å². The van der Waals surface area contributed by atoms with Crippen molar-refractivity contribution in [3.05, 3.63) is 0 Å². The maximum Gasteiger partial charge on any atom is 0.332 e. The second-order valence-corrected chi connectivity index (χ2v) is 7.66. The first-order valence-corrected chi connectivity index (χ1v) is 8.44. The van der Waals surface area contributed by atoms with Gasteiger partial charge in [0.1, 0.15) is 6.61 Å². The summed E-state index contributed by atoms with van der Waals surface area (Å²) in [5.41, 5.74) is 0.279. The van der Waals surface area contributed by atoms with Crippen LogP contribution in [0.4, 0.5) is 0 Å². The van der Waals surface area contributed by atoms with Gasteiger partial charge in [-0.1, -0.05) is 0 Å². The van der Waals surface area contributed by atoms with Crippen LogP contribution in [0.15, 0.2) is 0 Å². The number of rotatable bonds is 6. The van der Waals surface area contributed by atoms with Gasteiger partial charge in [0.05, 0.1) is 0 Å². The SMILES string of the molecule is COCC(=O)OCC(=O)N[C@H](C)C12CC3CC(CC(C3)C1)C2. The van der Waals surface area contributed by atoms with Gasteiger partial charge in [-0.05, 0) is 68.6 Å². The Balaban J connectivity index is 1.52. The lowest BCUT2D eigenvalue weighted by atomic mass is 9.48. The van der Waals surface area contributed by atoms with Gasteiger partial charge in [-0.2, -0.15) is 0 Å². The quantitative estimate of drug-likeness (QED) is 0.761. The van der Waals surface area contributed by atoms with E-state index in [0.29, 0.717) is 0 Å². The Hall–Kier alpha value is -1.10. The Morgan fingerprint density at radius 2 is 1.64 bits per heavy atom. The minimum Gasteiger partial charge on any atom is -0.454 e. The molecule has 0 spiro atoms. The molecule has 5 heteroatoms. The van der Waals surface area contributed by atoms with Crippen LogP contribution in [0.3, 0.4) is 0 Å². The van der Waals surface area contributed by atoms with Gasteiger partial charge in [0.2, 0.25) is 0 Å². The molecule has 4 aliphatic rings. The van der Waals surface area contributed by atoms with Gasteiger partial charge in [0.25, 0.3) is 5.91 Å². The van der Waals surface area contributed by atoms with E-state index in [2.05, 4.69) is 17.0 Å². The lowest BCUT2D eigenvalue weighted by Crippen LogP contribution is -2.56. The Labute approximate surface area is 132 Å². The summed E-state index contributed by atoms with van der Waals surface area (Å²) in [4.78, 5) is 23.3. The summed E-state index contributed by atoms with van der Waals surface area (Å²) in [6.45, 7) is 1.80. The smallest absolute Gasteiger partial charge is 0.332 e. The molecule has 124 valence electrons. The Morgan fingerprint density at radius 3 is 2.14 bits per heavy atom. The van der Waals surface area contributed by atoms with Crippen LogP contribution in [0.2, 0.25) is 0 Å². The van der Waals surface area contributed by atoms with Crippen molar-refractivity contribution in [3.8, 4) is 0 Å². The van der Waals surface area contributed by atoms with E-state index in [4.69, 9.17) is 4.74 Å². The summed E-state index contributed by atoms with van der Waals surface area (Å²) in [6.07, 6.45) is 7.95. The fourth-order valence-electron chi connectivity index (χ4n) is 5.45. The van der Waals surface area contributed by atoms with Crippen LogP contribution in [0.25, 0.3) is 0 Å². The fraction of sp³-hybridized carbons (Fsp3) is 0.882. The van der Waals surface area contributed by atoms with Crippen molar-refractivity contribution in [1.82, 2.24) is 5.32 Å². The van der Waals surface area contributed by atoms with E-state index < -0.39 is 5.97 Å². The van der Waals surface area contributed by atoms with Gasteiger partial charge in [0, 0.05) is 13.2 Å². The van der Waals surface area contributed by atoms with Gasteiger partial charge in [-0.25, -0.2) is 4.79 Å². The molecule has 0 aliphatic heterocycles. The number of methoxy groups -OCH3 is 1. The Kier molecular flexibility index (Phi) is 4.44. The summed E-state index contributed by atoms with van der Waals surface area (Å²) in [5, 5.41) is 3.08. The van der Waals surface area contributed by atoms with Crippen molar-refractivity contribution >= 4 is 11.9 Å². The molecule has 0 heterocycles. The maximum atomic E-state index is 12.0. The minimum atomic E-state index is -0.500. The van der Waals surface area contributed by atoms with Crippen LogP contribution < -0.4 is 5.32 Å². The first kappa shape index (κ1) is 15.8. The molecule has 4 saturated carbocycles. The van der Waals surface area contributed by atoms with E-state index in [9.17, 15) is 9.59 Å². The normalized spacial score (nSPS) is 36.9. The number of esters is 1. The van der Waals surface area contributed by atoms with Gasteiger partial charge >= 0.3 is 5.97 Å². The van der Waals surface area contributed by atoms with Crippen molar-refractivity contribution < 1.29 is 19.1 Å². The number of hydrogen-bond donors (Lipinski definition) is 1. The summed E-state index contributed by atoms with van der Waals surface area (Å²) >= 11 is 0. The molecule has 0 aromatic heterocycles. The molecule has 0 saturated heterocycles. The van der Waals surface area contributed by atoms with Crippen LogP contribution in [-0.4, -0.2) is 38.2 Å². The van der Waals surface area contributed by atoms with Crippen LogP contribution in [0.1, 0.15) is 45.4 Å². The van der Waals surface area contributed by atoms with Crippen molar-refractivity contribution in [2.24, 2.45) is 23.2 Å². The van der Waals surface area contributed by atoms with Gasteiger partial charge in [-0.3, -0.25) is 4.79 Å². The summed E-state index contributed by atoms with van der Waals surface area (Å²) < 4.78 is 9.56. The maximum absolute atomic E-state index is 12.0. The number of ether oxygens (including phenoxy) is 2. The third kappa shape index (κ3) is 3.14. The molecule has 1 amide bonds. The molecule has 0 aromatic rings. The molecule has 1 N–H and O–H groups in total. The van der Waals surface area contributed by atoms with Gasteiger partial charge in [-0.15, -0.1) is 0 Å². The predicted octanol–water partition coefficient (Wildman–Crippen LogP) is 1.90. The minimum absolute atomic E-state index is 0.113. The predicted molar refractivity (Wildman–Crippen MR) is 81.0 cm³/mol. The third-order valence-electron chi connectivity index (χ3n) is 6.01. The molecule has 4 rings (SSSR count). The second kappa shape index (κ2) is 6.19. The third-order valence-corrected chi connectivity index (χ3v) is 6.01. The lowest BCUT2D eigenvalue weighted by Gasteiger charge is -2.59. The average molecular weight is 309 g/mol. The largest absolute Gasteiger partial charge is 0.454 e. The van der Waals surface area contributed by atoms with Crippen LogP contribution in [-0.2, 0) is 19.1 Å². The second-order valence-electron chi connectivity index (χ2n) is 7.66. The molecule has 22 heavy (non-hydrogen) atoms. The van der Waals surface area contributed by atoms with Crippen LogP contribution in [0.5, 0.6) is 0 Å². The lowest BCUT2D eigenvalue weighted by molar-refractivity contribution is -0.152. The molecular weight excluding hydrogens is 282 g/mol. The van der Waals surface area contributed by atoms with E-state index in [-0.39, 0.29) is 30.6 Å². The van der Waals surface area contributed by atoms with Crippen molar-refractivity contribution in [2.45, 2.75) is 51.5 Å². The highest BCUT2D eigenvalue weighted by Crippen LogP contribution is 2.61. The van der Waals surface area contributed by atoms with E-state index in [1.54, 1.807) is 0 Å². The van der Waals surface area contributed by atoms with Gasteiger partial charge < -0.3 is 14.8 Å². The number of carbonyl (C=O) groups is 2. The molecule has 4 bridgehead atoms. The summed E-state index contributed by atoms with van der Waals surface area (Å²) in [6, 6.07) is 0.162. The van der Waals surface area contributed by atoms with E-state index in [1.807, 2.05) is 0 Å².